The number of fused-ring (bicyclic) bond motifs is 2. The van der Waals surface area contributed by atoms with Crippen molar-refractivity contribution in [1.29, 1.82) is 0 Å². The van der Waals surface area contributed by atoms with E-state index in [4.69, 9.17) is 4.98 Å². The van der Waals surface area contributed by atoms with Crippen LogP contribution in [0.25, 0.3) is 11.0 Å². The van der Waals surface area contributed by atoms with Crippen LogP contribution in [0.5, 0.6) is 0 Å². The van der Waals surface area contributed by atoms with Crippen LogP contribution in [-0.2, 0) is 7.05 Å². The van der Waals surface area contributed by atoms with Gasteiger partial charge in [0.05, 0.1) is 16.6 Å². The summed E-state index contributed by atoms with van der Waals surface area (Å²) in [6.07, 6.45) is 7.62. The summed E-state index contributed by atoms with van der Waals surface area (Å²) >= 11 is 0. The molecule has 0 bridgehead atoms. The van der Waals surface area contributed by atoms with Gasteiger partial charge in [0.15, 0.2) is 5.65 Å². The summed E-state index contributed by atoms with van der Waals surface area (Å²) in [5.41, 5.74) is 3.68. The Balaban J connectivity index is 1.56. The Kier molecular flexibility index (Phi) is 3.41. The van der Waals surface area contributed by atoms with E-state index in [2.05, 4.69) is 16.1 Å². The third kappa shape index (κ3) is 2.47. The van der Waals surface area contributed by atoms with E-state index in [0.29, 0.717) is 17.8 Å². The van der Waals surface area contributed by atoms with Crippen LogP contribution in [0.1, 0.15) is 66.2 Å². The number of aromatic nitrogens is 3. The SMILES string of the molecule is Cc1nn(C)c2nc(C3CC3)cc(C(=O)N3C[C@H]4CCCC[C@H]4C3)c12. The number of rotatable bonds is 2. The van der Waals surface area contributed by atoms with Crippen LogP contribution in [0.2, 0.25) is 0 Å². The molecule has 1 amide bonds. The molecule has 0 radical (unpaired) electrons. The van der Waals surface area contributed by atoms with Gasteiger partial charge in [-0.3, -0.25) is 9.48 Å². The molecule has 132 valence electrons. The van der Waals surface area contributed by atoms with Crippen molar-refractivity contribution in [2.75, 3.05) is 13.1 Å². The Labute approximate surface area is 148 Å². The quantitative estimate of drug-likeness (QED) is 0.843. The van der Waals surface area contributed by atoms with Gasteiger partial charge in [-0.05, 0) is 50.5 Å². The maximum Gasteiger partial charge on any atom is 0.254 e. The van der Waals surface area contributed by atoms with Gasteiger partial charge in [-0.1, -0.05) is 12.8 Å². The van der Waals surface area contributed by atoms with Crippen LogP contribution in [-0.4, -0.2) is 38.7 Å². The average molecular weight is 338 g/mol. The van der Waals surface area contributed by atoms with Gasteiger partial charge >= 0.3 is 0 Å². The summed E-state index contributed by atoms with van der Waals surface area (Å²) in [5, 5.41) is 5.49. The molecule has 0 unspecified atom stereocenters. The second-order valence-corrected chi connectivity index (χ2v) is 8.29. The van der Waals surface area contributed by atoms with Crippen molar-refractivity contribution in [3.05, 3.63) is 23.0 Å². The fraction of sp³-hybridized carbons (Fsp3) is 0.650. The van der Waals surface area contributed by atoms with E-state index in [0.717, 1.165) is 41.1 Å². The Hall–Kier alpha value is -1.91. The van der Waals surface area contributed by atoms with Gasteiger partial charge in [-0.2, -0.15) is 5.10 Å². The van der Waals surface area contributed by atoms with Crippen LogP contribution >= 0.6 is 0 Å². The Bertz CT molecular complexity index is 837. The normalized spacial score (nSPS) is 26.2. The summed E-state index contributed by atoms with van der Waals surface area (Å²) in [4.78, 5) is 20.4. The van der Waals surface area contributed by atoms with Crippen molar-refractivity contribution < 1.29 is 4.79 Å². The van der Waals surface area contributed by atoms with Gasteiger partial charge in [0.2, 0.25) is 0 Å². The standard InChI is InChI=1S/C20H26N4O/c1-12-18-16(9-17(13-7-8-13)21-19(18)23(2)22-12)20(25)24-10-14-5-3-4-6-15(14)11-24/h9,13-15H,3-8,10-11H2,1-2H3/t14-,15+. The Morgan fingerprint density at radius 1 is 1.12 bits per heavy atom. The molecule has 5 rings (SSSR count). The first-order chi connectivity index (χ1) is 12.1. The molecule has 2 atom stereocenters. The minimum absolute atomic E-state index is 0.194. The number of carbonyl (C=O) groups is 1. The number of pyridine rings is 1. The summed E-state index contributed by atoms with van der Waals surface area (Å²) in [5.74, 6) is 2.16. The number of hydrogen-bond acceptors (Lipinski definition) is 3. The van der Waals surface area contributed by atoms with Gasteiger partial charge in [0.25, 0.3) is 5.91 Å². The minimum Gasteiger partial charge on any atom is -0.338 e. The highest BCUT2D eigenvalue weighted by Crippen LogP contribution is 2.41. The minimum atomic E-state index is 0.194. The monoisotopic (exact) mass is 338 g/mol. The number of carbonyl (C=O) groups excluding carboxylic acids is 1. The maximum absolute atomic E-state index is 13.4. The van der Waals surface area contributed by atoms with Crippen molar-refractivity contribution in [1.82, 2.24) is 19.7 Å². The van der Waals surface area contributed by atoms with E-state index in [-0.39, 0.29) is 5.91 Å². The van der Waals surface area contributed by atoms with Gasteiger partial charge in [0, 0.05) is 31.7 Å². The van der Waals surface area contributed by atoms with Gasteiger partial charge < -0.3 is 4.90 Å². The lowest BCUT2D eigenvalue weighted by Gasteiger charge is -2.22. The fourth-order valence-corrected chi connectivity index (χ4v) is 4.96. The summed E-state index contributed by atoms with van der Waals surface area (Å²) in [6, 6.07) is 2.07. The summed E-state index contributed by atoms with van der Waals surface area (Å²) < 4.78 is 1.83. The van der Waals surface area contributed by atoms with E-state index in [1.54, 1.807) is 0 Å². The van der Waals surface area contributed by atoms with E-state index in [1.807, 2.05) is 18.7 Å². The molecule has 3 fully saturated rings. The largest absolute Gasteiger partial charge is 0.338 e. The first kappa shape index (κ1) is 15.4. The third-order valence-electron chi connectivity index (χ3n) is 6.48. The third-order valence-corrected chi connectivity index (χ3v) is 6.48. The highest BCUT2D eigenvalue weighted by Gasteiger charge is 2.38. The molecule has 2 aliphatic carbocycles. The molecule has 1 saturated heterocycles. The summed E-state index contributed by atoms with van der Waals surface area (Å²) in [6.45, 7) is 3.86. The second-order valence-electron chi connectivity index (χ2n) is 8.29. The van der Waals surface area contributed by atoms with E-state index < -0.39 is 0 Å². The Morgan fingerprint density at radius 2 is 1.80 bits per heavy atom. The lowest BCUT2D eigenvalue weighted by molar-refractivity contribution is 0.0785. The number of nitrogens with zero attached hydrogens (tertiary/aromatic N) is 4. The molecule has 5 heteroatoms. The molecular weight excluding hydrogens is 312 g/mol. The van der Waals surface area contributed by atoms with Crippen LogP contribution in [0, 0.1) is 18.8 Å². The van der Waals surface area contributed by atoms with Crippen LogP contribution < -0.4 is 0 Å². The molecule has 2 saturated carbocycles. The van der Waals surface area contributed by atoms with Crippen molar-refractivity contribution in [2.45, 2.75) is 51.4 Å². The highest BCUT2D eigenvalue weighted by atomic mass is 16.2. The zero-order chi connectivity index (χ0) is 17.1. The van der Waals surface area contributed by atoms with Crippen LogP contribution in [0.15, 0.2) is 6.07 Å². The molecule has 2 aromatic heterocycles. The molecule has 3 aliphatic rings. The zero-order valence-corrected chi connectivity index (χ0v) is 15.2. The lowest BCUT2D eigenvalue weighted by Crippen LogP contribution is -2.29. The molecule has 1 aliphatic heterocycles. The summed E-state index contributed by atoms with van der Waals surface area (Å²) in [7, 11) is 1.93. The van der Waals surface area contributed by atoms with Gasteiger partial charge in [0.1, 0.15) is 0 Å². The molecule has 25 heavy (non-hydrogen) atoms. The first-order valence-corrected chi connectivity index (χ1v) is 9.75. The van der Waals surface area contributed by atoms with E-state index in [9.17, 15) is 4.79 Å². The van der Waals surface area contributed by atoms with Crippen LogP contribution in [0.3, 0.4) is 0 Å². The van der Waals surface area contributed by atoms with Crippen molar-refractivity contribution in [3.63, 3.8) is 0 Å². The molecule has 0 aromatic carbocycles. The smallest absolute Gasteiger partial charge is 0.254 e. The molecule has 2 aromatic rings. The average Bonchev–Trinajstić information content (AvgIpc) is 3.31. The van der Waals surface area contributed by atoms with Gasteiger partial charge in [-0.15, -0.1) is 0 Å². The molecule has 0 N–H and O–H groups in total. The number of hydrogen-bond donors (Lipinski definition) is 0. The highest BCUT2D eigenvalue weighted by molar-refractivity contribution is 6.06. The van der Waals surface area contributed by atoms with Crippen molar-refractivity contribution in [3.8, 4) is 0 Å². The number of aryl methyl sites for hydroxylation is 2. The Morgan fingerprint density at radius 3 is 2.44 bits per heavy atom. The van der Waals surface area contributed by atoms with Gasteiger partial charge in [-0.25, -0.2) is 4.98 Å². The second kappa shape index (κ2) is 5.55. The number of amides is 1. The fourth-order valence-electron chi connectivity index (χ4n) is 4.96. The first-order valence-electron chi connectivity index (χ1n) is 9.75. The zero-order valence-electron chi connectivity index (χ0n) is 15.2. The molecule has 0 spiro atoms. The predicted octanol–water partition coefficient (Wildman–Crippen LogP) is 3.42. The number of likely N-dealkylation sites (tertiary alicyclic amines) is 1. The topological polar surface area (TPSA) is 51.0 Å². The van der Waals surface area contributed by atoms with Crippen molar-refractivity contribution in [2.24, 2.45) is 18.9 Å². The van der Waals surface area contributed by atoms with Crippen molar-refractivity contribution >= 4 is 16.9 Å². The van der Waals surface area contributed by atoms with E-state index >= 15 is 0 Å². The predicted molar refractivity (Wildman–Crippen MR) is 96.6 cm³/mol. The maximum atomic E-state index is 13.4. The lowest BCUT2D eigenvalue weighted by atomic mass is 9.82. The molecule has 3 heterocycles. The van der Waals surface area contributed by atoms with Crippen LogP contribution in [0.4, 0.5) is 0 Å². The molecule has 5 nitrogen and oxygen atoms in total. The molecular formula is C20H26N4O. The van der Waals surface area contributed by atoms with E-state index in [1.165, 1.54) is 38.5 Å².